The molecule has 0 amide bonds. The monoisotopic (exact) mass is 440 g/mol. The quantitative estimate of drug-likeness (QED) is 0.460. The third kappa shape index (κ3) is 5.57. The molecule has 1 heterocycles. The molecule has 0 N–H and O–H groups in total. The molecule has 10 heteroatoms. The Morgan fingerprint density at radius 3 is 1.61 bits per heavy atom. The molecule has 10 nitrogen and oxygen atoms in total. The van der Waals surface area contributed by atoms with Gasteiger partial charge in [-0.05, 0) is 6.92 Å². The predicted octanol–water partition coefficient (Wildman–Crippen LogP) is 1.97. The minimum atomic E-state index is -1.15. The number of rotatable bonds is 7. The second-order valence-corrected chi connectivity index (χ2v) is 6.93. The molecular formula is C21H28O10. The van der Waals surface area contributed by atoms with Gasteiger partial charge in [0, 0.05) is 32.9 Å². The molecule has 0 aliphatic carbocycles. The lowest BCUT2D eigenvalue weighted by molar-refractivity contribution is -0.245. The van der Waals surface area contributed by atoms with E-state index in [1.807, 2.05) is 0 Å². The van der Waals surface area contributed by atoms with Gasteiger partial charge in [-0.3, -0.25) is 14.4 Å². The van der Waals surface area contributed by atoms with E-state index in [0.29, 0.717) is 22.8 Å². The first-order valence-electron chi connectivity index (χ1n) is 9.59. The number of hydrogen-bond acceptors (Lipinski definition) is 10. The van der Waals surface area contributed by atoms with Crippen LogP contribution in [0.2, 0.25) is 0 Å². The highest BCUT2D eigenvalue weighted by molar-refractivity contribution is 5.68. The van der Waals surface area contributed by atoms with Crippen LogP contribution < -0.4 is 14.2 Å². The number of carbonyl (C=O) groups excluding carboxylic acids is 3. The summed E-state index contributed by atoms with van der Waals surface area (Å²) < 4.78 is 38.7. The Labute approximate surface area is 180 Å². The molecule has 0 bridgehead atoms. The molecular weight excluding hydrogens is 412 g/mol. The summed E-state index contributed by atoms with van der Waals surface area (Å²) in [7, 11) is 4.40. The van der Waals surface area contributed by atoms with Crippen molar-refractivity contribution >= 4 is 17.9 Å². The number of carbonyl (C=O) groups is 3. The van der Waals surface area contributed by atoms with Crippen LogP contribution in [0.15, 0.2) is 12.1 Å². The number of benzene rings is 1. The van der Waals surface area contributed by atoms with E-state index in [4.69, 9.17) is 33.2 Å². The summed E-state index contributed by atoms with van der Waals surface area (Å²) in [4.78, 5) is 35.4. The highest BCUT2D eigenvalue weighted by Crippen LogP contribution is 2.46. The van der Waals surface area contributed by atoms with E-state index >= 15 is 0 Å². The van der Waals surface area contributed by atoms with Gasteiger partial charge < -0.3 is 33.2 Å². The van der Waals surface area contributed by atoms with Crippen molar-refractivity contribution < 1.29 is 47.5 Å². The molecule has 31 heavy (non-hydrogen) atoms. The van der Waals surface area contributed by atoms with Gasteiger partial charge in [0.2, 0.25) is 0 Å². The first-order chi connectivity index (χ1) is 14.6. The Bertz CT molecular complexity index is 795. The largest absolute Gasteiger partial charge is 0.496 e. The van der Waals surface area contributed by atoms with Gasteiger partial charge in [0.15, 0.2) is 18.3 Å². The highest BCUT2D eigenvalue weighted by Gasteiger charge is 2.52. The average molecular weight is 440 g/mol. The summed E-state index contributed by atoms with van der Waals surface area (Å²) in [6.45, 7) is 5.30. The van der Waals surface area contributed by atoms with Crippen molar-refractivity contribution in [3.05, 3.63) is 17.7 Å². The van der Waals surface area contributed by atoms with Gasteiger partial charge in [-0.1, -0.05) is 0 Å². The van der Waals surface area contributed by atoms with E-state index in [1.54, 1.807) is 19.1 Å². The van der Waals surface area contributed by atoms with Gasteiger partial charge in [-0.2, -0.15) is 0 Å². The third-order valence-electron chi connectivity index (χ3n) is 4.71. The summed E-state index contributed by atoms with van der Waals surface area (Å²) >= 11 is 0. The Balaban J connectivity index is 2.66. The fraction of sp³-hybridized carbons (Fsp3) is 0.571. The van der Waals surface area contributed by atoms with Gasteiger partial charge in [0.05, 0.1) is 33.0 Å². The second-order valence-electron chi connectivity index (χ2n) is 6.93. The van der Waals surface area contributed by atoms with Crippen LogP contribution in [0.3, 0.4) is 0 Å². The highest BCUT2D eigenvalue weighted by atomic mass is 16.6. The Hall–Kier alpha value is -3.01. The topological polar surface area (TPSA) is 116 Å². The zero-order chi connectivity index (χ0) is 23.3. The maximum absolute atomic E-state index is 11.9. The van der Waals surface area contributed by atoms with Crippen molar-refractivity contribution in [1.82, 2.24) is 0 Å². The summed E-state index contributed by atoms with van der Waals surface area (Å²) in [5.74, 6) is -0.716. The minimum Gasteiger partial charge on any atom is -0.496 e. The van der Waals surface area contributed by atoms with Crippen LogP contribution in [0.5, 0.6) is 17.2 Å². The SMILES string of the molecule is COc1cc(OC)c([C@H]2O[C@@H](C)[C@@H](OC(C)=O)[C@@H](OC(C)=O)[C@@H]2OC(C)=O)c(OC)c1. The normalized spacial score (nSPS) is 25.2. The van der Waals surface area contributed by atoms with Crippen molar-refractivity contribution in [1.29, 1.82) is 0 Å². The Kier molecular flexibility index (Phi) is 8.09. The number of esters is 3. The van der Waals surface area contributed by atoms with Crippen molar-refractivity contribution in [3.8, 4) is 17.2 Å². The lowest BCUT2D eigenvalue weighted by Crippen LogP contribution is -2.57. The standard InChI is InChI=1S/C21H28O10/c1-10-18(29-11(2)22)20(30-12(3)23)21(31-13(4)24)19(28-10)17-15(26-6)8-14(25-5)9-16(17)27-7/h8-10,18-21H,1-7H3/t10-,18+,19+,20+,21+/m0/s1. The van der Waals surface area contributed by atoms with Crippen LogP contribution in [-0.4, -0.2) is 63.7 Å². The lowest BCUT2D eigenvalue weighted by atomic mass is 9.89. The molecule has 1 aliphatic heterocycles. The van der Waals surface area contributed by atoms with E-state index < -0.39 is 48.4 Å². The van der Waals surface area contributed by atoms with Crippen LogP contribution in [0.1, 0.15) is 39.4 Å². The smallest absolute Gasteiger partial charge is 0.303 e. The summed E-state index contributed by atoms with van der Waals surface area (Å²) in [6.07, 6.45) is -4.97. The maximum Gasteiger partial charge on any atom is 0.303 e. The van der Waals surface area contributed by atoms with Gasteiger partial charge >= 0.3 is 17.9 Å². The maximum atomic E-state index is 11.9. The molecule has 172 valence electrons. The van der Waals surface area contributed by atoms with Crippen LogP contribution in [0, 0.1) is 0 Å². The van der Waals surface area contributed by atoms with Gasteiger partial charge in [-0.15, -0.1) is 0 Å². The van der Waals surface area contributed by atoms with Crippen LogP contribution in [0.4, 0.5) is 0 Å². The van der Waals surface area contributed by atoms with Gasteiger partial charge in [0.1, 0.15) is 23.4 Å². The van der Waals surface area contributed by atoms with Gasteiger partial charge in [0.25, 0.3) is 0 Å². The van der Waals surface area contributed by atoms with Crippen molar-refractivity contribution in [2.24, 2.45) is 0 Å². The zero-order valence-electron chi connectivity index (χ0n) is 18.6. The van der Waals surface area contributed by atoms with Crippen molar-refractivity contribution in [2.75, 3.05) is 21.3 Å². The van der Waals surface area contributed by atoms with Crippen LogP contribution in [0.25, 0.3) is 0 Å². The lowest BCUT2D eigenvalue weighted by Gasteiger charge is -2.44. The van der Waals surface area contributed by atoms with Crippen LogP contribution >= 0.6 is 0 Å². The molecule has 1 saturated heterocycles. The number of methoxy groups -OCH3 is 3. The number of hydrogen-bond donors (Lipinski definition) is 0. The molecule has 1 fully saturated rings. The van der Waals surface area contributed by atoms with E-state index in [2.05, 4.69) is 0 Å². The fourth-order valence-electron chi connectivity index (χ4n) is 3.56. The molecule has 0 radical (unpaired) electrons. The van der Waals surface area contributed by atoms with E-state index in [0.717, 1.165) is 0 Å². The molecule has 0 aromatic heterocycles. The summed E-state index contributed by atoms with van der Waals surface area (Å²) in [6, 6.07) is 3.24. The molecule has 1 aromatic carbocycles. The van der Waals surface area contributed by atoms with Crippen LogP contribution in [-0.2, 0) is 33.3 Å². The molecule has 1 aromatic rings. The van der Waals surface area contributed by atoms with E-state index in [9.17, 15) is 14.4 Å². The summed E-state index contributed by atoms with van der Waals surface area (Å²) in [5.41, 5.74) is 0.419. The number of ether oxygens (including phenoxy) is 7. The third-order valence-corrected chi connectivity index (χ3v) is 4.71. The Morgan fingerprint density at radius 1 is 0.742 bits per heavy atom. The zero-order valence-corrected chi connectivity index (χ0v) is 18.6. The molecule has 0 saturated carbocycles. The van der Waals surface area contributed by atoms with Gasteiger partial charge in [-0.25, -0.2) is 0 Å². The molecule has 1 aliphatic rings. The predicted molar refractivity (Wildman–Crippen MR) is 106 cm³/mol. The van der Waals surface area contributed by atoms with E-state index in [-0.39, 0.29) is 0 Å². The Morgan fingerprint density at radius 2 is 1.19 bits per heavy atom. The van der Waals surface area contributed by atoms with Crippen molar-refractivity contribution in [2.45, 2.75) is 58.2 Å². The fourth-order valence-corrected chi connectivity index (χ4v) is 3.56. The molecule has 0 spiro atoms. The average Bonchev–Trinajstić information content (AvgIpc) is 2.70. The molecule has 2 rings (SSSR count). The minimum absolute atomic E-state index is 0.345. The first kappa shape index (κ1) is 24.3. The summed E-state index contributed by atoms with van der Waals surface area (Å²) in [5, 5.41) is 0. The molecule has 0 unspecified atom stereocenters. The van der Waals surface area contributed by atoms with E-state index in [1.165, 1.54) is 42.1 Å². The van der Waals surface area contributed by atoms with Crippen molar-refractivity contribution in [3.63, 3.8) is 0 Å². The first-order valence-corrected chi connectivity index (χ1v) is 9.59. The second kappa shape index (κ2) is 10.3. The molecule has 5 atom stereocenters.